The van der Waals surface area contributed by atoms with Gasteiger partial charge >= 0.3 is 0 Å². The van der Waals surface area contributed by atoms with Gasteiger partial charge in [0.1, 0.15) is 0 Å². The minimum Gasteiger partial charge on any atom is -0.388 e. The molecule has 5 heteroatoms. The Kier molecular flexibility index (Phi) is 3.36. The Morgan fingerprint density at radius 1 is 1.27 bits per heavy atom. The summed E-state index contributed by atoms with van der Waals surface area (Å²) in [6, 6.07) is 5.19. The van der Waals surface area contributed by atoms with Crippen molar-refractivity contribution >= 4 is 28.9 Å². The Bertz CT molecular complexity index is 359. The maximum atomic E-state index is 9.53. The van der Waals surface area contributed by atoms with E-state index in [1.807, 2.05) is 6.07 Å². The largest absolute Gasteiger partial charge is 0.388 e. The SMILES string of the molecule is OC1COCC1Nc1ccc(Cl)c(Cl)c1. The average molecular weight is 248 g/mol. The number of hydrogen-bond donors (Lipinski definition) is 2. The molecule has 2 N–H and O–H groups in total. The molecule has 0 saturated carbocycles. The van der Waals surface area contributed by atoms with Gasteiger partial charge in [0.05, 0.1) is 35.4 Å². The lowest BCUT2D eigenvalue weighted by atomic mass is 10.2. The summed E-state index contributed by atoms with van der Waals surface area (Å²) in [6.07, 6.45) is -0.473. The Morgan fingerprint density at radius 2 is 2.07 bits per heavy atom. The third kappa shape index (κ3) is 2.55. The number of benzene rings is 1. The molecular weight excluding hydrogens is 237 g/mol. The second-order valence-corrected chi connectivity index (χ2v) is 4.30. The van der Waals surface area contributed by atoms with Crippen molar-refractivity contribution in [1.82, 2.24) is 0 Å². The highest BCUT2D eigenvalue weighted by Gasteiger charge is 2.25. The van der Waals surface area contributed by atoms with Gasteiger partial charge in [0, 0.05) is 5.69 Å². The van der Waals surface area contributed by atoms with E-state index in [9.17, 15) is 5.11 Å². The molecule has 1 aromatic rings. The van der Waals surface area contributed by atoms with Crippen molar-refractivity contribution in [3.05, 3.63) is 28.2 Å². The lowest BCUT2D eigenvalue weighted by molar-refractivity contribution is 0.125. The summed E-state index contributed by atoms with van der Waals surface area (Å²) in [7, 11) is 0. The zero-order valence-electron chi connectivity index (χ0n) is 7.91. The van der Waals surface area contributed by atoms with Crippen molar-refractivity contribution in [2.45, 2.75) is 12.1 Å². The van der Waals surface area contributed by atoms with Crippen molar-refractivity contribution in [1.29, 1.82) is 0 Å². The van der Waals surface area contributed by atoms with Crippen LogP contribution in [0.15, 0.2) is 18.2 Å². The monoisotopic (exact) mass is 247 g/mol. The van der Waals surface area contributed by atoms with Crippen molar-refractivity contribution in [3.8, 4) is 0 Å². The van der Waals surface area contributed by atoms with Gasteiger partial charge in [-0.2, -0.15) is 0 Å². The molecule has 82 valence electrons. The molecule has 2 rings (SSSR count). The molecule has 0 aliphatic carbocycles. The molecule has 1 aliphatic rings. The number of aliphatic hydroxyl groups is 1. The number of aliphatic hydroxyl groups excluding tert-OH is 1. The summed E-state index contributed by atoms with van der Waals surface area (Å²) in [4.78, 5) is 0. The molecule has 2 atom stereocenters. The van der Waals surface area contributed by atoms with Crippen LogP contribution in [0.5, 0.6) is 0 Å². The van der Waals surface area contributed by atoms with Crippen LogP contribution in [0.1, 0.15) is 0 Å². The summed E-state index contributed by atoms with van der Waals surface area (Å²) in [5.74, 6) is 0. The molecule has 1 fully saturated rings. The van der Waals surface area contributed by atoms with Crippen LogP contribution in [0.4, 0.5) is 5.69 Å². The molecule has 0 aromatic heterocycles. The molecule has 0 amide bonds. The molecule has 0 radical (unpaired) electrons. The van der Waals surface area contributed by atoms with Crippen LogP contribution in [0.2, 0.25) is 10.0 Å². The second kappa shape index (κ2) is 4.58. The third-order valence-electron chi connectivity index (χ3n) is 2.32. The predicted octanol–water partition coefficient (Wildman–Crippen LogP) is 2.17. The molecule has 2 unspecified atom stereocenters. The van der Waals surface area contributed by atoms with Crippen molar-refractivity contribution in [2.24, 2.45) is 0 Å². The van der Waals surface area contributed by atoms with Gasteiger partial charge in [0.2, 0.25) is 0 Å². The molecule has 1 heterocycles. The first kappa shape index (κ1) is 11.0. The van der Waals surface area contributed by atoms with E-state index in [0.29, 0.717) is 23.3 Å². The quantitative estimate of drug-likeness (QED) is 0.842. The summed E-state index contributed by atoms with van der Waals surface area (Å²) in [5.41, 5.74) is 0.832. The first-order valence-corrected chi connectivity index (χ1v) is 5.40. The Hall–Kier alpha value is -0.480. The molecule has 0 spiro atoms. The van der Waals surface area contributed by atoms with Crippen molar-refractivity contribution < 1.29 is 9.84 Å². The average Bonchev–Trinajstić information content (AvgIpc) is 2.59. The molecular formula is C10H11Cl2NO2. The van der Waals surface area contributed by atoms with Crippen LogP contribution in [-0.2, 0) is 4.74 Å². The number of hydrogen-bond acceptors (Lipinski definition) is 3. The zero-order chi connectivity index (χ0) is 10.8. The van der Waals surface area contributed by atoms with Crippen LogP contribution in [0.3, 0.4) is 0 Å². The summed E-state index contributed by atoms with van der Waals surface area (Å²) >= 11 is 11.7. The fourth-order valence-electron chi connectivity index (χ4n) is 1.48. The second-order valence-electron chi connectivity index (χ2n) is 3.48. The van der Waals surface area contributed by atoms with E-state index in [0.717, 1.165) is 5.69 Å². The van der Waals surface area contributed by atoms with Gasteiger partial charge in [-0.15, -0.1) is 0 Å². The highest BCUT2D eigenvalue weighted by atomic mass is 35.5. The molecule has 15 heavy (non-hydrogen) atoms. The first-order chi connectivity index (χ1) is 7.16. The number of ether oxygens (including phenoxy) is 1. The van der Waals surface area contributed by atoms with Gasteiger partial charge in [-0.05, 0) is 18.2 Å². The van der Waals surface area contributed by atoms with Crippen LogP contribution >= 0.6 is 23.2 Å². The van der Waals surface area contributed by atoms with Crippen LogP contribution in [0, 0.1) is 0 Å². The van der Waals surface area contributed by atoms with Gasteiger partial charge in [-0.25, -0.2) is 0 Å². The van der Waals surface area contributed by atoms with Gasteiger partial charge in [0.25, 0.3) is 0 Å². The van der Waals surface area contributed by atoms with Crippen molar-refractivity contribution in [2.75, 3.05) is 18.5 Å². The van der Waals surface area contributed by atoms with Gasteiger partial charge < -0.3 is 15.2 Å². The van der Waals surface area contributed by atoms with Crippen LogP contribution in [0.25, 0.3) is 0 Å². The number of anilines is 1. The number of rotatable bonds is 2. The normalized spacial score (nSPS) is 25.5. The van der Waals surface area contributed by atoms with Crippen molar-refractivity contribution in [3.63, 3.8) is 0 Å². The van der Waals surface area contributed by atoms with E-state index in [1.54, 1.807) is 12.1 Å². The topological polar surface area (TPSA) is 41.5 Å². The third-order valence-corrected chi connectivity index (χ3v) is 3.06. The number of nitrogens with one attached hydrogen (secondary N) is 1. The Morgan fingerprint density at radius 3 is 2.67 bits per heavy atom. The standard InChI is InChI=1S/C10H11Cl2NO2/c11-7-2-1-6(3-8(7)12)13-9-4-15-5-10(9)14/h1-3,9-10,13-14H,4-5H2. The van der Waals surface area contributed by atoms with E-state index in [-0.39, 0.29) is 6.04 Å². The van der Waals surface area contributed by atoms with E-state index >= 15 is 0 Å². The lowest BCUT2D eigenvalue weighted by Gasteiger charge is -2.16. The van der Waals surface area contributed by atoms with Crippen LogP contribution in [-0.4, -0.2) is 30.5 Å². The summed E-state index contributed by atoms with van der Waals surface area (Å²) in [5, 5.41) is 13.7. The smallest absolute Gasteiger partial charge is 0.0996 e. The molecule has 3 nitrogen and oxygen atoms in total. The highest BCUT2D eigenvalue weighted by Crippen LogP contribution is 2.26. The predicted molar refractivity (Wildman–Crippen MR) is 60.7 cm³/mol. The van der Waals surface area contributed by atoms with Gasteiger partial charge in [0.15, 0.2) is 0 Å². The summed E-state index contributed by atoms with van der Waals surface area (Å²) in [6.45, 7) is 0.875. The van der Waals surface area contributed by atoms with E-state index in [2.05, 4.69) is 5.32 Å². The van der Waals surface area contributed by atoms with E-state index in [1.165, 1.54) is 0 Å². The lowest BCUT2D eigenvalue weighted by Crippen LogP contribution is -2.31. The fourth-order valence-corrected chi connectivity index (χ4v) is 1.78. The molecule has 1 saturated heterocycles. The summed E-state index contributed by atoms with van der Waals surface area (Å²) < 4.78 is 5.12. The Balaban J connectivity index is 2.07. The minimum absolute atomic E-state index is 0.0813. The maximum absolute atomic E-state index is 9.53. The van der Waals surface area contributed by atoms with Crippen LogP contribution < -0.4 is 5.32 Å². The molecule has 1 aliphatic heterocycles. The fraction of sp³-hybridized carbons (Fsp3) is 0.400. The zero-order valence-corrected chi connectivity index (χ0v) is 9.42. The minimum atomic E-state index is -0.473. The molecule has 1 aromatic carbocycles. The highest BCUT2D eigenvalue weighted by molar-refractivity contribution is 6.42. The Labute approximate surface area is 97.9 Å². The van der Waals surface area contributed by atoms with Gasteiger partial charge in [-0.1, -0.05) is 23.2 Å². The van der Waals surface area contributed by atoms with E-state index in [4.69, 9.17) is 27.9 Å². The maximum Gasteiger partial charge on any atom is 0.0996 e. The van der Waals surface area contributed by atoms with E-state index < -0.39 is 6.10 Å². The number of halogens is 2. The molecule has 0 bridgehead atoms. The first-order valence-electron chi connectivity index (χ1n) is 4.64. The van der Waals surface area contributed by atoms with Gasteiger partial charge in [-0.3, -0.25) is 0 Å².